The second kappa shape index (κ2) is 3.43. The summed E-state index contributed by atoms with van der Waals surface area (Å²) >= 11 is 0. The van der Waals surface area contributed by atoms with Gasteiger partial charge in [-0.2, -0.15) is 5.26 Å². The first-order valence-corrected chi connectivity index (χ1v) is 4.44. The van der Waals surface area contributed by atoms with E-state index in [1.807, 2.05) is 18.2 Å². The van der Waals surface area contributed by atoms with E-state index in [2.05, 4.69) is 11.9 Å². The summed E-state index contributed by atoms with van der Waals surface area (Å²) in [5.74, 6) is -0.0954. The smallest absolute Gasteiger partial charge is 0.211 e. The largest absolute Gasteiger partial charge is 0.352 e. The van der Waals surface area contributed by atoms with Gasteiger partial charge in [-0.05, 0) is 18.2 Å². The van der Waals surface area contributed by atoms with Gasteiger partial charge in [-0.15, -0.1) is 0 Å². The van der Waals surface area contributed by atoms with Crippen LogP contribution in [0.4, 0.5) is 5.69 Å². The number of carbonyl (C=O) groups is 1. The molecule has 1 aromatic rings. The van der Waals surface area contributed by atoms with Crippen LogP contribution in [0.25, 0.3) is 0 Å². The average Bonchev–Trinajstić information content (AvgIpc) is 2.57. The van der Waals surface area contributed by atoms with E-state index in [0.29, 0.717) is 11.3 Å². The molecule has 0 aromatic heterocycles. The van der Waals surface area contributed by atoms with Crippen LogP contribution in [0.15, 0.2) is 48.2 Å². The van der Waals surface area contributed by atoms with Gasteiger partial charge in [-0.1, -0.05) is 18.7 Å². The zero-order chi connectivity index (χ0) is 10.8. The Balaban J connectivity index is 2.41. The lowest BCUT2D eigenvalue weighted by molar-refractivity contribution is 0.104. The molecule has 1 aliphatic heterocycles. The predicted molar refractivity (Wildman–Crippen MR) is 57.2 cm³/mol. The monoisotopic (exact) mass is 196 g/mol. The molecule has 0 unspecified atom stereocenters. The molecule has 3 nitrogen and oxygen atoms in total. The number of benzene rings is 1. The Bertz CT molecular complexity index is 521. The summed E-state index contributed by atoms with van der Waals surface area (Å²) in [6.45, 7) is 3.50. The number of carbonyl (C=O) groups excluding carboxylic acids is 1. The number of hydrogen-bond acceptors (Lipinski definition) is 3. The average molecular weight is 196 g/mol. The Hall–Kier alpha value is -2.34. The predicted octanol–water partition coefficient (Wildman–Crippen LogP) is 2.26. The molecule has 0 spiro atoms. The minimum atomic E-state index is -0.0954. The Morgan fingerprint density at radius 3 is 2.87 bits per heavy atom. The van der Waals surface area contributed by atoms with E-state index in [-0.39, 0.29) is 11.4 Å². The van der Waals surface area contributed by atoms with Crippen molar-refractivity contribution in [2.75, 3.05) is 5.32 Å². The van der Waals surface area contributed by atoms with Gasteiger partial charge >= 0.3 is 0 Å². The normalized spacial score (nSPS) is 15.7. The van der Waals surface area contributed by atoms with Crippen molar-refractivity contribution in [1.82, 2.24) is 0 Å². The van der Waals surface area contributed by atoms with Crippen molar-refractivity contribution in [2.45, 2.75) is 0 Å². The van der Waals surface area contributed by atoms with E-state index in [1.54, 1.807) is 12.1 Å². The van der Waals surface area contributed by atoms with Gasteiger partial charge in [0.15, 0.2) is 0 Å². The lowest BCUT2D eigenvalue weighted by atomic mass is 10.1. The quantitative estimate of drug-likeness (QED) is 0.553. The summed E-state index contributed by atoms with van der Waals surface area (Å²) in [4.78, 5) is 11.8. The second-order valence-corrected chi connectivity index (χ2v) is 3.19. The van der Waals surface area contributed by atoms with Crippen molar-refractivity contribution in [1.29, 1.82) is 5.26 Å². The number of allylic oxidation sites excluding steroid dienone is 3. The van der Waals surface area contributed by atoms with Crippen molar-refractivity contribution in [3.05, 3.63) is 53.8 Å². The second-order valence-electron chi connectivity index (χ2n) is 3.19. The third kappa shape index (κ3) is 1.53. The van der Waals surface area contributed by atoms with Crippen LogP contribution >= 0.6 is 0 Å². The maximum absolute atomic E-state index is 11.8. The van der Waals surface area contributed by atoms with Crippen LogP contribution in [0.1, 0.15) is 10.4 Å². The Morgan fingerprint density at radius 2 is 2.20 bits per heavy atom. The summed E-state index contributed by atoms with van der Waals surface area (Å²) in [5, 5.41) is 11.5. The van der Waals surface area contributed by atoms with Gasteiger partial charge in [-0.25, -0.2) is 0 Å². The number of fused-ring (bicyclic) bond motifs is 1. The van der Waals surface area contributed by atoms with Crippen molar-refractivity contribution in [3.8, 4) is 6.07 Å². The molecule has 0 amide bonds. The van der Waals surface area contributed by atoms with Crippen LogP contribution in [0.2, 0.25) is 0 Å². The molecule has 0 aliphatic carbocycles. The molecular formula is C12H8N2O. The summed E-state index contributed by atoms with van der Waals surface area (Å²) in [6, 6.07) is 9.10. The van der Waals surface area contributed by atoms with Gasteiger partial charge in [0.2, 0.25) is 5.78 Å². The fourth-order valence-electron chi connectivity index (χ4n) is 1.45. The minimum absolute atomic E-state index is 0.0954. The number of nitrogens with one attached hydrogen (secondary N) is 1. The molecule has 15 heavy (non-hydrogen) atoms. The molecule has 0 atom stereocenters. The fourth-order valence-corrected chi connectivity index (χ4v) is 1.45. The number of Topliss-reactive ketones (excluding diaryl/α,β-unsaturated/α-hetero) is 1. The molecule has 1 aliphatic rings. The van der Waals surface area contributed by atoms with Crippen LogP contribution < -0.4 is 5.32 Å². The van der Waals surface area contributed by atoms with Crippen LogP contribution in [-0.2, 0) is 0 Å². The van der Waals surface area contributed by atoms with E-state index < -0.39 is 0 Å². The number of nitriles is 1. The number of nitrogens with zero attached hydrogens (tertiary/aromatic N) is 1. The highest BCUT2D eigenvalue weighted by atomic mass is 16.1. The van der Waals surface area contributed by atoms with Gasteiger partial charge in [-0.3, -0.25) is 4.79 Å². The SMILES string of the molecule is C=C(C#N)C=C1Nc2ccccc2C1=O. The number of para-hydroxylation sites is 1. The van der Waals surface area contributed by atoms with E-state index in [4.69, 9.17) is 5.26 Å². The number of anilines is 1. The number of rotatable bonds is 1. The zero-order valence-corrected chi connectivity index (χ0v) is 7.95. The number of hydrogen-bond donors (Lipinski definition) is 1. The summed E-state index contributed by atoms with van der Waals surface area (Å²) < 4.78 is 0. The molecule has 72 valence electrons. The molecule has 0 saturated heterocycles. The molecule has 0 bridgehead atoms. The topological polar surface area (TPSA) is 52.9 Å². The van der Waals surface area contributed by atoms with Gasteiger partial charge in [0.25, 0.3) is 0 Å². The summed E-state index contributed by atoms with van der Waals surface area (Å²) in [7, 11) is 0. The van der Waals surface area contributed by atoms with Gasteiger partial charge in [0, 0.05) is 16.8 Å². The molecule has 0 radical (unpaired) electrons. The van der Waals surface area contributed by atoms with E-state index in [0.717, 1.165) is 5.69 Å². The molecule has 0 saturated carbocycles. The van der Waals surface area contributed by atoms with Crippen LogP contribution in [0, 0.1) is 11.3 Å². The maximum Gasteiger partial charge on any atom is 0.211 e. The van der Waals surface area contributed by atoms with Crippen molar-refractivity contribution in [3.63, 3.8) is 0 Å². The molecule has 1 N–H and O–H groups in total. The van der Waals surface area contributed by atoms with Crippen LogP contribution in [0.3, 0.4) is 0 Å². The molecule has 1 heterocycles. The Morgan fingerprint density at radius 1 is 1.47 bits per heavy atom. The first-order valence-electron chi connectivity index (χ1n) is 4.44. The molecule has 3 heteroatoms. The van der Waals surface area contributed by atoms with Gasteiger partial charge < -0.3 is 5.32 Å². The zero-order valence-electron chi connectivity index (χ0n) is 7.95. The summed E-state index contributed by atoms with van der Waals surface area (Å²) in [5.41, 5.74) is 2.08. The highest BCUT2D eigenvalue weighted by Gasteiger charge is 2.23. The maximum atomic E-state index is 11.8. The first-order chi connectivity index (χ1) is 7.22. The molecular weight excluding hydrogens is 188 g/mol. The molecule has 2 rings (SSSR count). The van der Waals surface area contributed by atoms with Crippen LogP contribution in [-0.4, -0.2) is 5.78 Å². The third-order valence-corrected chi connectivity index (χ3v) is 2.15. The molecule has 0 fully saturated rings. The van der Waals surface area contributed by atoms with Crippen molar-refractivity contribution < 1.29 is 4.79 Å². The highest BCUT2D eigenvalue weighted by molar-refractivity contribution is 6.18. The Labute approximate surface area is 87.3 Å². The minimum Gasteiger partial charge on any atom is -0.352 e. The van der Waals surface area contributed by atoms with Gasteiger partial charge in [0.1, 0.15) is 0 Å². The Kier molecular flexibility index (Phi) is 2.11. The third-order valence-electron chi connectivity index (χ3n) is 2.15. The van der Waals surface area contributed by atoms with Gasteiger partial charge in [0.05, 0.1) is 11.8 Å². The standard InChI is InChI=1S/C12H8N2O/c1-8(7-13)6-11-12(15)9-4-2-3-5-10(9)14-11/h2-6,14H,1H2. The van der Waals surface area contributed by atoms with Crippen molar-refractivity contribution in [2.24, 2.45) is 0 Å². The van der Waals surface area contributed by atoms with E-state index >= 15 is 0 Å². The fraction of sp³-hybridized carbons (Fsp3) is 0. The molecule has 1 aromatic carbocycles. The summed E-state index contributed by atoms with van der Waals surface area (Å²) in [6.07, 6.45) is 1.46. The lowest BCUT2D eigenvalue weighted by Gasteiger charge is -1.95. The lowest BCUT2D eigenvalue weighted by Crippen LogP contribution is -2.00. The van der Waals surface area contributed by atoms with E-state index in [1.165, 1.54) is 6.08 Å². The highest BCUT2D eigenvalue weighted by Crippen LogP contribution is 2.27. The first kappa shape index (κ1) is 9.22. The van der Waals surface area contributed by atoms with Crippen LogP contribution in [0.5, 0.6) is 0 Å². The van der Waals surface area contributed by atoms with E-state index in [9.17, 15) is 4.79 Å². The van der Waals surface area contributed by atoms with Crippen molar-refractivity contribution >= 4 is 11.5 Å². The number of ketones is 1.